The molecule has 0 bridgehead atoms. The molecule has 0 aromatic rings. The highest BCUT2D eigenvalue weighted by Gasteiger charge is 2.20. The predicted octanol–water partition coefficient (Wildman–Crippen LogP) is 3.38. The van der Waals surface area contributed by atoms with Crippen molar-refractivity contribution in [3.8, 4) is 0 Å². The molecule has 0 saturated carbocycles. The number of hydrogen-bond donors (Lipinski definition) is 2. The molecule has 0 aliphatic rings. The van der Waals surface area contributed by atoms with Crippen LogP contribution in [-0.4, -0.2) is 9.79 Å². The summed E-state index contributed by atoms with van der Waals surface area (Å²) in [4.78, 5) is 15.4. The molecule has 0 rings (SSSR count). The van der Waals surface area contributed by atoms with Gasteiger partial charge in [-0.25, -0.2) is 4.31 Å². The Hall–Kier alpha value is 0.340. The Kier molecular flexibility index (Phi) is 12.3. The lowest BCUT2D eigenvalue weighted by atomic mass is 9.78. The Balaban J connectivity index is 0. The second-order valence-electron chi connectivity index (χ2n) is 3.55. The van der Waals surface area contributed by atoms with Crippen LogP contribution in [0.1, 0.15) is 53.4 Å². The topological polar surface area (TPSA) is 83.8 Å². The molecular weight excluding hydrogens is 250 g/mol. The highest BCUT2D eigenvalue weighted by Crippen LogP contribution is 2.33. The fraction of sp³-hybridized carbons (Fsp3) is 1.00. The number of hydrogen-bond acceptors (Lipinski definition) is 3. The molecule has 2 atom stereocenters. The van der Waals surface area contributed by atoms with Gasteiger partial charge >= 0.3 is 16.5 Å². The molecule has 0 aliphatic heterocycles. The second-order valence-corrected chi connectivity index (χ2v) is 5.43. The molecular formula is C9H24O5P2. The van der Waals surface area contributed by atoms with Crippen molar-refractivity contribution in [3.05, 3.63) is 0 Å². The highest BCUT2D eigenvalue weighted by atomic mass is 31.2. The number of rotatable bonds is 6. The Morgan fingerprint density at radius 1 is 0.875 bits per heavy atom. The Bertz CT molecular complexity index is 186. The van der Waals surface area contributed by atoms with Gasteiger partial charge < -0.3 is 9.79 Å². The van der Waals surface area contributed by atoms with Crippen molar-refractivity contribution in [2.45, 2.75) is 53.4 Å². The van der Waals surface area contributed by atoms with Crippen LogP contribution in [0.3, 0.4) is 0 Å². The minimum absolute atomic E-state index is 0.667. The largest absolute Gasteiger partial charge is 0.326 e. The van der Waals surface area contributed by atoms with Crippen molar-refractivity contribution in [3.63, 3.8) is 0 Å². The van der Waals surface area contributed by atoms with E-state index in [1.807, 2.05) is 0 Å². The van der Waals surface area contributed by atoms with Gasteiger partial charge in [0.05, 0.1) is 0 Å². The van der Waals surface area contributed by atoms with Gasteiger partial charge in [-0.2, -0.15) is 0 Å². The second kappa shape index (κ2) is 10.5. The van der Waals surface area contributed by atoms with E-state index in [0.717, 1.165) is 0 Å². The van der Waals surface area contributed by atoms with Crippen molar-refractivity contribution in [1.29, 1.82) is 0 Å². The summed E-state index contributed by atoms with van der Waals surface area (Å²) in [5, 5.41) is 0. The Labute approximate surface area is 99.1 Å². The minimum Gasteiger partial charge on any atom is -0.326 e. The molecule has 100 valence electrons. The zero-order valence-electron chi connectivity index (χ0n) is 10.4. The van der Waals surface area contributed by atoms with E-state index in [2.05, 4.69) is 32.0 Å². The summed E-state index contributed by atoms with van der Waals surface area (Å²) in [7, 11) is -6.40. The maximum Gasteiger partial charge on any atom is 0.323 e. The van der Waals surface area contributed by atoms with Gasteiger partial charge in [-0.3, -0.25) is 9.13 Å². The zero-order valence-corrected chi connectivity index (χ0v) is 12.4. The lowest BCUT2D eigenvalue weighted by molar-refractivity contribution is 0.240. The molecule has 7 heteroatoms. The smallest absolute Gasteiger partial charge is 0.323 e. The van der Waals surface area contributed by atoms with Gasteiger partial charge in [-0.05, 0) is 5.41 Å². The van der Waals surface area contributed by atoms with Crippen LogP contribution < -0.4 is 0 Å². The average Bonchev–Trinajstić information content (AvgIpc) is 2.21. The van der Waals surface area contributed by atoms with Gasteiger partial charge in [0.2, 0.25) is 0 Å². The maximum atomic E-state index is 9.44. The fourth-order valence-electron chi connectivity index (χ4n) is 1.57. The SMILES string of the molecule is CCC(CC)(CC)CC.O=[PH](O)O[PH](=O)O. The van der Waals surface area contributed by atoms with Gasteiger partial charge in [0.15, 0.2) is 0 Å². The zero-order chi connectivity index (χ0) is 13.2. The molecule has 0 spiro atoms. The van der Waals surface area contributed by atoms with E-state index in [1.54, 1.807) is 0 Å². The standard InChI is InChI=1S/C9H20.H4O5P2/c1-5-9(6-2,7-3)8-4;1-6(2)5-7(3)4/h5-8H2,1-4H3;6-7H,(H,1,2)(H,3,4). The molecule has 16 heavy (non-hydrogen) atoms. The third kappa shape index (κ3) is 9.56. The Morgan fingerprint density at radius 3 is 1.12 bits per heavy atom. The van der Waals surface area contributed by atoms with E-state index < -0.39 is 16.5 Å². The van der Waals surface area contributed by atoms with E-state index >= 15 is 0 Å². The molecule has 0 aliphatic carbocycles. The molecule has 0 heterocycles. The first kappa shape index (κ1) is 18.7. The van der Waals surface area contributed by atoms with Crippen molar-refractivity contribution in [2.24, 2.45) is 5.41 Å². The molecule has 0 fully saturated rings. The van der Waals surface area contributed by atoms with Gasteiger partial charge in [-0.1, -0.05) is 53.4 Å². The normalized spacial score (nSPS) is 14.9. The van der Waals surface area contributed by atoms with Crippen LogP contribution in [0, 0.1) is 5.41 Å². The van der Waals surface area contributed by atoms with Crippen LogP contribution in [0.25, 0.3) is 0 Å². The van der Waals surface area contributed by atoms with Crippen molar-refractivity contribution >= 4 is 16.5 Å². The third-order valence-electron chi connectivity index (χ3n) is 3.17. The van der Waals surface area contributed by atoms with Gasteiger partial charge in [0.1, 0.15) is 0 Å². The van der Waals surface area contributed by atoms with Crippen LogP contribution in [0.4, 0.5) is 0 Å². The summed E-state index contributed by atoms with van der Waals surface area (Å²) >= 11 is 0. The van der Waals surface area contributed by atoms with Crippen molar-refractivity contribution in [1.82, 2.24) is 0 Å². The monoisotopic (exact) mass is 274 g/mol. The van der Waals surface area contributed by atoms with E-state index in [0.29, 0.717) is 5.41 Å². The molecule has 0 aromatic carbocycles. The van der Waals surface area contributed by atoms with E-state index in [1.165, 1.54) is 25.7 Å². The summed E-state index contributed by atoms with van der Waals surface area (Å²) < 4.78 is 22.3. The van der Waals surface area contributed by atoms with Crippen LogP contribution in [0.2, 0.25) is 0 Å². The Morgan fingerprint density at radius 2 is 1.12 bits per heavy atom. The van der Waals surface area contributed by atoms with Gasteiger partial charge in [0, 0.05) is 0 Å². The predicted molar refractivity (Wildman–Crippen MR) is 67.1 cm³/mol. The molecule has 0 saturated heterocycles. The molecule has 0 amide bonds. The highest BCUT2D eigenvalue weighted by molar-refractivity contribution is 7.46. The lowest BCUT2D eigenvalue weighted by Crippen LogP contribution is -2.15. The van der Waals surface area contributed by atoms with E-state index in [9.17, 15) is 9.13 Å². The van der Waals surface area contributed by atoms with Gasteiger partial charge in [-0.15, -0.1) is 0 Å². The first-order chi connectivity index (χ1) is 7.37. The van der Waals surface area contributed by atoms with Crippen molar-refractivity contribution < 1.29 is 23.2 Å². The first-order valence-corrected chi connectivity index (χ1v) is 8.03. The third-order valence-corrected chi connectivity index (χ3v) is 4.57. The first-order valence-electron chi connectivity index (χ1n) is 5.51. The van der Waals surface area contributed by atoms with E-state index in [4.69, 9.17) is 9.79 Å². The van der Waals surface area contributed by atoms with Crippen molar-refractivity contribution in [2.75, 3.05) is 0 Å². The summed E-state index contributed by atoms with van der Waals surface area (Å²) in [5.41, 5.74) is 0.667. The van der Waals surface area contributed by atoms with Crippen LogP contribution in [0.15, 0.2) is 0 Å². The summed E-state index contributed by atoms with van der Waals surface area (Å²) in [6, 6.07) is 0. The summed E-state index contributed by atoms with van der Waals surface area (Å²) in [5.74, 6) is 0. The minimum atomic E-state index is -3.20. The molecule has 0 aromatic heterocycles. The summed E-state index contributed by atoms with van der Waals surface area (Å²) in [6.07, 6.45) is 5.38. The molecule has 0 radical (unpaired) electrons. The molecule has 2 N–H and O–H groups in total. The summed E-state index contributed by atoms with van der Waals surface area (Å²) in [6.45, 7) is 9.21. The van der Waals surface area contributed by atoms with Gasteiger partial charge in [0.25, 0.3) is 0 Å². The van der Waals surface area contributed by atoms with E-state index in [-0.39, 0.29) is 0 Å². The quantitative estimate of drug-likeness (QED) is 0.725. The molecule has 2 unspecified atom stereocenters. The lowest BCUT2D eigenvalue weighted by Gasteiger charge is -2.28. The molecule has 5 nitrogen and oxygen atoms in total. The average molecular weight is 274 g/mol. The fourth-order valence-corrected chi connectivity index (χ4v) is 2.17. The van der Waals surface area contributed by atoms with Crippen LogP contribution in [-0.2, 0) is 13.4 Å². The van der Waals surface area contributed by atoms with Crippen LogP contribution >= 0.6 is 16.5 Å². The maximum absolute atomic E-state index is 9.44. The van der Waals surface area contributed by atoms with Crippen LogP contribution in [0.5, 0.6) is 0 Å².